The van der Waals surface area contributed by atoms with Crippen LogP contribution < -0.4 is 15.8 Å². The molecular formula is C15H22BrClN2O2. The number of nitrogens with two attached hydrogens (primary N) is 1. The zero-order chi connectivity index (χ0) is 14.4. The van der Waals surface area contributed by atoms with E-state index in [4.69, 9.17) is 10.5 Å². The van der Waals surface area contributed by atoms with E-state index in [1.807, 2.05) is 24.3 Å². The molecule has 2 rings (SSSR count). The van der Waals surface area contributed by atoms with Gasteiger partial charge in [0.25, 0.3) is 0 Å². The third-order valence-corrected chi connectivity index (χ3v) is 4.06. The predicted molar refractivity (Wildman–Crippen MR) is 89.8 cm³/mol. The first-order valence-corrected chi connectivity index (χ1v) is 7.85. The summed E-state index contributed by atoms with van der Waals surface area (Å²) in [6.07, 6.45) is 3.58. The Kier molecular flexibility index (Phi) is 8.07. The number of amides is 1. The first kappa shape index (κ1) is 18.3. The normalized spacial score (nSPS) is 15.0. The number of hydrogen-bond acceptors (Lipinski definition) is 3. The van der Waals surface area contributed by atoms with Crippen LogP contribution in [-0.4, -0.2) is 25.1 Å². The summed E-state index contributed by atoms with van der Waals surface area (Å²) in [4.78, 5) is 11.6. The molecule has 21 heavy (non-hydrogen) atoms. The van der Waals surface area contributed by atoms with Gasteiger partial charge in [0.05, 0.1) is 11.1 Å². The number of nitrogens with one attached hydrogen (secondary N) is 1. The zero-order valence-electron chi connectivity index (χ0n) is 11.9. The summed E-state index contributed by atoms with van der Waals surface area (Å²) in [5.74, 6) is 1.48. The molecule has 1 saturated carbocycles. The molecule has 1 atom stereocenters. The monoisotopic (exact) mass is 376 g/mol. The maximum absolute atomic E-state index is 11.6. The summed E-state index contributed by atoms with van der Waals surface area (Å²) in [6.45, 7) is 1.12. The van der Waals surface area contributed by atoms with Gasteiger partial charge in [-0.3, -0.25) is 4.79 Å². The molecule has 1 unspecified atom stereocenters. The molecule has 1 fully saturated rings. The van der Waals surface area contributed by atoms with Gasteiger partial charge in [-0.25, -0.2) is 0 Å². The van der Waals surface area contributed by atoms with Gasteiger partial charge in [0.1, 0.15) is 5.75 Å². The van der Waals surface area contributed by atoms with Crippen molar-refractivity contribution >= 4 is 34.2 Å². The Morgan fingerprint density at radius 1 is 1.43 bits per heavy atom. The van der Waals surface area contributed by atoms with Gasteiger partial charge >= 0.3 is 0 Å². The Bertz CT molecular complexity index is 455. The lowest BCUT2D eigenvalue weighted by atomic mass is 10.2. The molecule has 0 aliphatic heterocycles. The van der Waals surface area contributed by atoms with Gasteiger partial charge in [-0.15, -0.1) is 12.4 Å². The molecular weight excluding hydrogens is 356 g/mol. The van der Waals surface area contributed by atoms with Crippen molar-refractivity contribution in [2.75, 3.05) is 13.2 Å². The number of halogens is 2. The molecule has 3 N–H and O–H groups in total. The Morgan fingerprint density at radius 2 is 2.14 bits per heavy atom. The number of rotatable bonds is 8. The highest BCUT2D eigenvalue weighted by atomic mass is 79.9. The van der Waals surface area contributed by atoms with Crippen molar-refractivity contribution in [3.05, 3.63) is 28.7 Å². The molecule has 0 saturated heterocycles. The molecule has 6 heteroatoms. The van der Waals surface area contributed by atoms with Crippen molar-refractivity contribution in [1.29, 1.82) is 0 Å². The van der Waals surface area contributed by atoms with Gasteiger partial charge in [-0.2, -0.15) is 0 Å². The Labute approximate surface area is 140 Å². The molecule has 4 nitrogen and oxygen atoms in total. The van der Waals surface area contributed by atoms with Gasteiger partial charge in [0.2, 0.25) is 5.91 Å². The van der Waals surface area contributed by atoms with Crippen molar-refractivity contribution in [1.82, 2.24) is 5.32 Å². The van der Waals surface area contributed by atoms with E-state index in [0.29, 0.717) is 31.9 Å². The minimum Gasteiger partial charge on any atom is -0.492 e. The molecule has 0 heterocycles. The van der Waals surface area contributed by atoms with Crippen LogP contribution in [-0.2, 0) is 4.79 Å². The molecule has 0 radical (unpaired) electrons. The maximum atomic E-state index is 11.6. The van der Waals surface area contributed by atoms with E-state index in [2.05, 4.69) is 21.2 Å². The highest BCUT2D eigenvalue weighted by Crippen LogP contribution is 2.31. The number of benzene rings is 1. The fraction of sp³-hybridized carbons (Fsp3) is 0.533. The minimum atomic E-state index is 0. The lowest BCUT2D eigenvalue weighted by molar-refractivity contribution is -0.121. The van der Waals surface area contributed by atoms with E-state index in [-0.39, 0.29) is 24.4 Å². The van der Waals surface area contributed by atoms with E-state index >= 15 is 0 Å². The Balaban J connectivity index is 0.00000220. The molecule has 1 aliphatic rings. The number of hydrogen-bond donors (Lipinski definition) is 2. The van der Waals surface area contributed by atoms with Crippen molar-refractivity contribution in [2.24, 2.45) is 11.7 Å². The van der Waals surface area contributed by atoms with Gasteiger partial charge in [0, 0.05) is 19.0 Å². The lowest BCUT2D eigenvalue weighted by Gasteiger charge is -2.12. The summed E-state index contributed by atoms with van der Waals surface area (Å²) < 4.78 is 6.54. The third-order valence-electron chi connectivity index (χ3n) is 3.40. The molecule has 1 amide bonds. The van der Waals surface area contributed by atoms with Crippen LogP contribution in [0.5, 0.6) is 5.75 Å². The summed E-state index contributed by atoms with van der Waals surface area (Å²) in [7, 11) is 0. The second kappa shape index (κ2) is 9.28. The number of carbonyl (C=O) groups excluding carboxylic acids is 1. The molecule has 1 aromatic rings. The number of ether oxygens (including phenoxy) is 1. The number of para-hydroxylation sites is 1. The molecule has 0 spiro atoms. The van der Waals surface area contributed by atoms with Crippen LogP contribution >= 0.6 is 28.3 Å². The van der Waals surface area contributed by atoms with Crippen LogP contribution in [0.15, 0.2) is 28.7 Å². The first-order chi connectivity index (χ1) is 9.66. The summed E-state index contributed by atoms with van der Waals surface area (Å²) in [5.41, 5.74) is 5.93. The summed E-state index contributed by atoms with van der Waals surface area (Å²) in [5, 5.41) is 2.89. The first-order valence-electron chi connectivity index (χ1n) is 7.06. The molecule has 0 aromatic heterocycles. The van der Waals surface area contributed by atoms with E-state index in [1.54, 1.807) is 0 Å². The standard InChI is InChI=1S/C15H21BrN2O2.ClH/c16-12-4-1-2-5-14(12)20-9-3-6-15(19)18-10-13(17)11-7-8-11;/h1-2,4-5,11,13H,3,6-10,17H2,(H,18,19);1H. The average Bonchev–Trinajstić information content (AvgIpc) is 3.27. The quantitative estimate of drug-likeness (QED) is 0.685. The SMILES string of the molecule is Cl.NC(CNC(=O)CCCOc1ccccc1Br)C1CC1. The smallest absolute Gasteiger partial charge is 0.220 e. The number of carbonyl (C=O) groups is 1. The van der Waals surface area contributed by atoms with Crippen molar-refractivity contribution < 1.29 is 9.53 Å². The van der Waals surface area contributed by atoms with Gasteiger partial charge in [-0.1, -0.05) is 12.1 Å². The van der Waals surface area contributed by atoms with E-state index in [0.717, 1.165) is 10.2 Å². The van der Waals surface area contributed by atoms with Crippen LogP contribution in [0.4, 0.5) is 0 Å². The zero-order valence-corrected chi connectivity index (χ0v) is 14.3. The van der Waals surface area contributed by atoms with E-state index < -0.39 is 0 Å². The molecule has 118 valence electrons. The highest BCUT2D eigenvalue weighted by Gasteiger charge is 2.28. The summed E-state index contributed by atoms with van der Waals surface area (Å²) in [6, 6.07) is 7.81. The molecule has 0 bridgehead atoms. The molecule has 1 aromatic carbocycles. The van der Waals surface area contributed by atoms with Gasteiger partial charge < -0.3 is 15.8 Å². The van der Waals surface area contributed by atoms with Crippen LogP contribution in [0.2, 0.25) is 0 Å². The van der Waals surface area contributed by atoms with E-state index in [9.17, 15) is 4.79 Å². The second-order valence-corrected chi connectivity index (χ2v) is 6.04. The highest BCUT2D eigenvalue weighted by molar-refractivity contribution is 9.10. The largest absolute Gasteiger partial charge is 0.492 e. The second-order valence-electron chi connectivity index (χ2n) is 5.19. The van der Waals surface area contributed by atoms with Crippen LogP contribution in [0.3, 0.4) is 0 Å². The van der Waals surface area contributed by atoms with Crippen LogP contribution in [0, 0.1) is 5.92 Å². The van der Waals surface area contributed by atoms with Crippen molar-refractivity contribution in [2.45, 2.75) is 31.7 Å². The Morgan fingerprint density at radius 3 is 2.81 bits per heavy atom. The van der Waals surface area contributed by atoms with Crippen molar-refractivity contribution in [3.8, 4) is 5.75 Å². The van der Waals surface area contributed by atoms with E-state index in [1.165, 1.54) is 12.8 Å². The topological polar surface area (TPSA) is 64.3 Å². The van der Waals surface area contributed by atoms with Crippen LogP contribution in [0.25, 0.3) is 0 Å². The fourth-order valence-electron chi connectivity index (χ4n) is 1.99. The minimum absolute atomic E-state index is 0. The predicted octanol–water partition coefficient (Wildman–Crippen LogP) is 2.88. The lowest BCUT2D eigenvalue weighted by Crippen LogP contribution is -2.38. The average molecular weight is 378 g/mol. The third kappa shape index (κ3) is 6.68. The van der Waals surface area contributed by atoms with Gasteiger partial charge in [-0.05, 0) is 53.2 Å². The summed E-state index contributed by atoms with van der Waals surface area (Å²) >= 11 is 3.42. The molecule has 1 aliphatic carbocycles. The fourth-order valence-corrected chi connectivity index (χ4v) is 2.39. The van der Waals surface area contributed by atoms with Crippen molar-refractivity contribution in [3.63, 3.8) is 0 Å². The maximum Gasteiger partial charge on any atom is 0.220 e. The van der Waals surface area contributed by atoms with Gasteiger partial charge in [0.15, 0.2) is 0 Å². The van der Waals surface area contributed by atoms with Crippen LogP contribution in [0.1, 0.15) is 25.7 Å². The Hall–Kier alpha value is -0.780.